The van der Waals surface area contributed by atoms with Gasteiger partial charge in [-0.15, -0.1) is 0 Å². The number of halogens is 3. The van der Waals surface area contributed by atoms with Crippen LogP contribution in [-0.4, -0.2) is 28.1 Å². The summed E-state index contributed by atoms with van der Waals surface area (Å²) in [5, 5.41) is 6.36. The minimum atomic E-state index is -4.66. The minimum Gasteiger partial charge on any atom is -0.449 e. The summed E-state index contributed by atoms with van der Waals surface area (Å²) in [5.41, 5.74) is 1.32. The summed E-state index contributed by atoms with van der Waals surface area (Å²) in [6.45, 7) is 4.83. The lowest BCUT2D eigenvalue weighted by atomic mass is 10.0. The van der Waals surface area contributed by atoms with E-state index in [-0.39, 0.29) is 11.3 Å². The number of ether oxygens (including phenoxy) is 1. The molecule has 0 saturated heterocycles. The fraction of sp³-hybridized carbons (Fsp3) is 0.200. The van der Waals surface area contributed by atoms with Gasteiger partial charge >= 0.3 is 12.1 Å². The minimum absolute atomic E-state index is 0.0691. The van der Waals surface area contributed by atoms with E-state index in [0.29, 0.717) is 16.8 Å². The summed E-state index contributed by atoms with van der Waals surface area (Å²) in [5.74, 6) is -1.79. The number of hydrogen-bond donors (Lipinski definition) is 1. The molecule has 7 nitrogen and oxygen atoms in total. The van der Waals surface area contributed by atoms with Crippen molar-refractivity contribution >= 4 is 28.7 Å². The Bertz CT molecular complexity index is 1410. The zero-order valence-electron chi connectivity index (χ0n) is 18.9. The topological polar surface area (TPSA) is 94.3 Å². The molecule has 2 heterocycles. The van der Waals surface area contributed by atoms with Crippen LogP contribution in [0.4, 0.5) is 18.9 Å². The predicted molar refractivity (Wildman–Crippen MR) is 122 cm³/mol. The summed E-state index contributed by atoms with van der Waals surface area (Å²) < 4.78 is 50.2. The fourth-order valence-corrected chi connectivity index (χ4v) is 3.48. The third-order valence-corrected chi connectivity index (χ3v) is 5.33. The van der Waals surface area contributed by atoms with Gasteiger partial charge in [0.2, 0.25) is 0 Å². The van der Waals surface area contributed by atoms with E-state index in [1.807, 2.05) is 31.2 Å². The van der Waals surface area contributed by atoms with Crippen molar-refractivity contribution in [3.8, 4) is 11.3 Å². The Kier molecular flexibility index (Phi) is 6.29. The number of anilines is 1. The molecule has 4 aromatic rings. The van der Waals surface area contributed by atoms with Gasteiger partial charge in [0.1, 0.15) is 0 Å². The summed E-state index contributed by atoms with van der Waals surface area (Å²) in [6, 6.07) is 13.5. The molecule has 2 aromatic carbocycles. The van der Waals surface area contributed by atoms with E-state index in [1.54, 1.807) is 6.92 Å². The molecule has 2 aromatic heterocycles. The van der Waals surface area contributed by atoms with Gasteiger partial charge in [-0.3, -0.25) is 4.79 Å². The van der Waals surface area contributed by atoms with E-state index in [4.69, 9.17) is 9.26 Å². The second-order valence-electron chi connectivity index (χ2n) is 7.95. The van der Waals surface area contributed by atoms with Crippen molar-refractivity contribution in [3.63, 3.8) is 0 Å². The van der Waals surface area contributed by atoms with Crippen LogP contribution in [0.25, 0.3) is 22.4 Å². The number of carbonyl (C=O) groups excluding carboxylic acids is 2. The van der Waals surface area contributed by atoms with Crippen LogP contribution >= 0.6 is 0 Å². The van der Waals surface area contributed by atoms with Gasteiger partial charge in [-0.25, -0.2) is 9.78 Å². The molecule has 1 amide bonds. The van der Waals surface area contributed by atoms with E-state index in [9.17, 15) is 22.8 Å². The smallest absolute Gasteiger partial charge is 0.418 e. The molecular weight excluding hydrogens is 463 g/mol. The summed E-state index contributed by atoms with van der Waals surface area (Å²) >= 11 is 0. The first kappa shape index (κ1) is 23.9. The van der Waals surface area contributed by atoms with Crippen LogP contribution in [0.15, 0.2) is 59.1 Å². The van der Waals surface area contributed by atoms with Gasteiger partial charge in [-0.05, 0) is 39.0 Å². The van der Waals surface area contributed by atoms with Crippen molar-refractivity contribution in [1.82, 2.24) is 10.1 Å². The molecule has 35 heavy (non-hydrogen) atoms. The number of aromatic nitrogens is 2. The first-order valence-electron chi connectivity index (χ1n) is 10.6. The van der Waals surface area contributed by atoms with Gasteiger partial charge in [0, 0.05) is 5.56 Å². The number of nitrogens with one attached hydrogen (secondary N) is 1. The van der Waals surface area contributed by atoms with E-state index in [0.717, 1.165) is 23.3 Å². The van der Waals surface area contributed by atoms with Crippen molar-refractivity contribution in [2.24, 2.45) is 0 Å². The molecule has 0 bridgehead atoms. The van der Waals surface area contributed by atoms with Crippen LogP contribution in [0.1, 0.15) is 34.1 Å². The average molecular weight is 483 g/mol. The van der Waals surface area contributed by atoms with Crippen molar-refractivity contribution in [2.75, 3.05) is 5.32 Å². The van der Waals surface area contributed by atoms with Gasteiger partial charge in [-0.2, -0.15) is 13.2 Å². The third-order valence-electron chi connectivity index (χ3n) is 5.33. The number of aryl methyl sites for hydroxylation is 2. The molecule has 0 aliphatic rings. The Hall–Kier alpha value is -4.21. The zero-order chi connectivity index (χ0) is 25.3. The lowest BCUT2D eigenvalue weighted by molar-refractivity contribution is -0.137. The highest BCUT2D eigenvalue weighted by molar-refractivity contribution is 6.05. The van der Waals surface area contributed by atoms with Crippen LogP contribution in [0.5, 0.6) is 0 Å². The molecule has 1 unspecified atom stereocenters. The third kappa shape index (κ3) is 5.01. The highest BCUT2D eigenvalue weighted by Crippen LogP contribution is 2.34. The van der Waals surface area contributed by atoms with Gasteiger partial charge in [0.25, 0.3) is 11.6 Å². The molecule has 0 aliphatic heterocycles. The molecule has 1 N–H and O–H groups in total. The van der Waals surface area contributed by atoms with Crippen LogP contribution in [0.2, 0.25) is 0 Å². The van der Waals surface area contributed by atoms with Crippen molar-refractivity contribution in [1.29, 1.82) is 0 Å². The van der Waals surface area contributed by atoms with Crippen molar-refractivity contribution < 1.29 is 32.0 Å². The van der Waals surface area contributed by atoms with Crippen LogP contribution in [-0.2, 0) is 15.7 Å². The Morgan fingerprint density at radius 2 is 1.74 bits per heavy atom. The number of alkyl halides is 3. The van der Waals surface area contributed by atoms with Crippen molar-refractivity contribution in [3.05, 3.63) is 77.0 Å². The SMILES string of the molecule is Cc1ccc(-c2cc(C(=O)OC(C)C(=O)Nc3ccccc3C(F)(F)F)c3c(C)noc3n2)cc1. The largest absolute Gasteiger partial charge is 0.449 e. The fourth-order valence-electron chi connectivity index (χ4n) is 3.48. The Morgan fingerprint density at radius 3 is 2.43 bits per heavy atom. The Balaban J connectivity index is 1.60. The number of hydrogen-bond acceptors (Lipinski definition) is 6. The number of nitrogens with zero attached hydrogens (tertiary/aromatic N) is 2. The monoisotopic (exact) mass is 483 g/mol. The Labute approximate surface area is 197 Å². The van der Waals surface area contributed by atoms with Gasteiger partial charge in [-0.1, -0.05) is 47.1 Å². The molecule has 0 saturated carbocycles. The number of carbonyl (C=O) groups is 2. The molecular formula is C25H20F3N3O4. The molecule has 1 atom stereocenters. The van der Waals surface area contributed by atoms with Gasteiger partial charge in [0.15, 0.2) is 6.10 Å². The molecule has 10 heteroatoms. The lowest BCUT2D eigenvalue weighted by Gasteiger charge is -2.17. The maximum Gasteiger partial charge on any atom is 0.418 e. The van der Waals surface area contributed by atoms with Crippen molar-refractivity contribution in [2.45, 2.75) is 33.1 Å². The van der Waals surface area contributed by atoms with Gasteiger partial charge < -0.3 is 14.6 Å². The normalized spacial score (nSPS) is 12.4. The van der Waals surface area contributed by atoms with Gasteiger partial charge in [0.05, 0.1) is 33.6 Å². The standard InChI is InChI=1S/C25H20F3N3O4/c1-13-8-10-16(11-9-13)20-12-17(21-14(2)31-35-23(21)30-20)24(33)34-15(3)22(32)29-19-7-5-4-6-18(19)25(26,27)28/h4-12,15H,1-3H3,(H,29,32). The number of pyridine rings is 1. The first-order chi connectivity index (χ1) is 16.5. The second-order valence-corrected chi connectivity index (χ2v) is 7.95. The highest BCUT2D eigenvalue weighted by atomic mass is 19.4. The summed E-state index contributed by atoms with van der Waals surface area (Å²) in [7, 11) is 0. The first-order valence-corrected chi connectivity index (χ1v) is 10.6. The lowest BCUT2D eigenvalue weighted by Crippen LogP contribution is -2.31. The predicted octanol–water partition coefficient (Wildman–Crippen LogP) is 5.71. The molecule has 0 aliphatic carbocycles. The van der Waals surface area contributed by atoms with Crippen LogP contribution in [0.3, 0.4) is 0 Å². The zero-order valence-corrected chi connectivity index (χ0v) is 18.9. The van der Waals surface area contributed by atoms with E-state index < -0.39 is 35.4 Å². The number of fused-ring (bicyclic) bond motifs is 1. The number of rotatable bonds is 5. The molecule has 0 radical (unpaired) electrons. The highest BCUT2D eigenvalue weighted by Gasteiger charge is 2.34. The summed E-state index contributed by atoms with van der Waals surface area (Å²) in [6.07, 6.45) is -6.06. The van der Waals surface area contributed by atoms with E-state index in [1.165, 1.54) is 25.1 Å². The molecule has 4 rings (SSSR count). The Morgan fingerprint density at radius 1 is 1.06 bits per heavy atom. The maximum absolute atomic E-state index is 13.2. The second kappa shape index (κ2) is 9.21. The molecule has 0 fully saturated rings. The average Bonchev–Trinajstić information content (AvgIpc) is 3.19. The quantitative estimate of drug-likeness (QED) is 0.366. The van der Waals surface area contributed by atoms with E-state index in [2.05, 4.69) is 15.5 Å². The summed E-state index contributed by atoms with van der Waals surface area (Å²) in [4.78, 5) is 30.0. The van der Waals surface area contributed by atoms with E-state index >= 15 is 0 Å². The number of benzene rings is 2. The number of para-hydroxylation sites is 1. The van der Waals surface area contributed by atoms with Crippen LogP contribution < -0.4 is 5.32 Å². The molecule has 0 spiro atoms. The number of esters is 1. The maximum atomic E-state index is 13.2. The number of amides is 1. The molecule has 180 valence electrons. The van der Waals surface area contributed by atoms with Crippen LogP contribution in [0, 0.1) is 13.8 Å².